The topological polar surface area (TPSA) is 29.5 Å². The van der Waals surface area contributed by atoms with E-state index < -0.39 is 0 Å². The van der Waals surface area contributed by atoms with Crippen LogP contribution in [0.5, 0.6) is 0 Å². The SMILES string of the molecule is CC(C)COCC(O)CBr. The van der Waals surface area contributed by atoms with Gasteiger partial charge in [-0.05, 0) is 5.92 Å². The molecule has 0 saturated carbocycles. The quantitative estimate of drug-likeness (QED) is 0.697. The second-order valence-corrected chi connectivity index (χ2v) is 3.39. The van der Waals surface area contributed by atoms with Crippen molar-refractivity contribution in [3.8, 4) is 0 Å². The first kappa shape index (κ1) is 10.4. The standard InChI is InChI=1S/C7H15BrO2/c1-6(2)4-10-5-7(9)3-8/h6-7,9H,3-5H2,1-2H3. The van der Waals surface area contributed by atoms with Crippen molar-refractivity contribution in [1.82, 2.24) is 0 Å². The van der Waals surface area contributed by atoms with Gasteiger partial charge in [0.05, 0.1) is 12.7 Å². The zero-order valence-corrected chi connectivity index (χ0v) is 8.10. The summed E-state index contributed by atoms with van der Waals surface area (Å²) in [5.41, 5.74) is 0. The molecule has 2 nitrogen and oxygen atoms in total. The number of ether oxygens (including phenoxy) is 1. The first-order valence-corrected chi connectivity index (χ1v) is 4.60. The average molecular weight is 211 g/mol. The predicted molar refractivity (Wildman–Crippen MR) is 45.5 cm³/mol. The van der Waals surface area contributed by atoms with Crippen molar-refractivity contribution >= 4 is 15.9 Å². The van der Waals surface area contributed by atoms with E-state index in [-0.39, 0.29) is 6.10 Å². The minimum Gasteiger partial charge on any atom is -0.390 e. The summed E-state index contributed by atoms with van der Waals surface area (Å²) < 4.78 is 5.17. The lowest BCUT2D eigenvalue weighted by molar-refractivity contribution is 0.0369. The largest absolute Gasteiger partial charge is 0.390 e. The Bertz CT molecular complexity index is 76.0. The van der Waals surface area contributed by atoms with Crippen LogP contribution in [-0.4, -0.2) is 29.8 Å². The normalized spacial score (nSPS) is 14.1. The van der Waals surface area contributed by atoms with E-state index in [2.05, 4.69) is 29.8 Å². The Morgan fingerprint density at radius 3 is 2.40 bits per heavy atom. The molecule has 0 radical (unpaired) electrons. The van der Waals surface area contributed by atoms with Crippen LogP contribution in [0.1, 0.15) is 13.8 Å². The van der Waals surface area contributed by atoms with Crippen molar-refractivity contribution in [2.75, 3.05) is 18.5 Å². The van der Waals surface area contributed by atoms with Crippen molar-refractivity contribution < 1.29 is 9.84 Å². The van der Waals surface area contributed by atoms with Crippen molar-refractivity contribution in [1.29, 1.82) is 0 Å². The molecular formula is C7H15BrO2. The van der Waals surface area contributed by atoms with Gasteiger partial charge in [0, 0.05) is 11.9 Å². The number of hydrogen-bond acceptors (Lipinski definition) is 2. The minimum absolute atomic E-state index is 0.362. The van der Waals surface area contributed by atoms with Gasteiger partial charge >= 0.3 is 0 Å². The number of hydrogen-bond donors (Lipinski definition) is 1. The summed E-state index contributed by atoms with van der Waals surface area (Å²) in [6.45, 7) is 5.33. The van der Waals surface area contributed by atoms with Gasteiger partial charge in [-0.15, -0.1) is 0 Å². The number of halogens is 1. The van der Waals surface area contributed by atoms with Crippen LogP contribution >= 0.6 is 15.9 Å². The van der Waals surface area contributed by atoms with Gasteiger partial charge in [-0.2, -0.15) is 0 Å². The maximum absolute atomic E-state index is 9.00. The Hall–Kier alpha value is 0.400. The molecule has 0 aliphatic carbocycles. The summed E-state index contributed by atoms with van der Waals surface area (Å²) in [5.74, 6) is 0.544. The van der Waals surface area contributed by atoms with Gasteiger partial charge in [0.25, 0.3) is 0 Å². The molecule has 0 aromatic rings. The molecule has 10 heavy (non-hydrogen) atoms. The summed E-state index contributed by atoms with van der Waals surface area (Å²) in [6, 6.07) is 0. The van der Waals surface area contributed by atoms with E-state index in [4.69, 9.17) is 9.84 Å². The highest BCUT2D eigenvalue weighted by Crippen LogP contribution is 1.95. The van der Waals surface area contributed by atoms with Crippen LogP contribution in [-0.2, 0) is 4.74 Å². The predicted octanol–water partition coefficient (Wildman–Crippen LogP) is 1.41. The smallest absolute Gasteiger partial charge is 0.0870 e. The Morgan fingerprint density at radius 1 is 1.40 bits per heavy atom. The third-order valence-electron chi connectivity index (χ3n) is 0.940. The maximum atomic E-state index is 9.00. The molecule has 1 unspecified atom stereocenters. The van der Waals surface area contributed by atoms with Crippen LogP contribution in [0.2, 0.25) is 0 Å². The van der Waals surface area contributed by atoms with E-state index >= 15 is 0 Å². The second kappa shape index (κ2) is 6.13. The molecule has 0 spiro atoms. The molecule has 0 heterocycles. The molecule has 0 aliphatic rings. The van der Waals surface area contributed by atoms with Gasteiger partial charge in [0.1, 0.15) is 0 Å². The van der Waals surface area contributed by atoms with Crippen LogP contribution < -0.4 is 0 Å². The first-order chi connectivity index (χ1) is 4.66. The lowest BCUT2D eigenvalue weighted by Gasteiger charge is -2.09. The lowest BCUT2D eigenvalue weighted by Crippen LogP contribution is -2.18. The zero-order valence-electron chi connectivity index (χ0n) is 6.51. The van der Waals surface area contributed by atoms with E-state index in [0.717, 1.165) is 6.61 Å². The molecule has 0 fully saturated rings. The van der Waals surface area contributed by atoms with Gasteiger partial charge in [0.2, 0.25) is 0 Å². The minimum atomic E-state index is -0.362. The Labute approximate surface area is 70.7 Å². The molecule has 0 saturated heterocycles. The molecule has 62 valence electrons. The highest BCUT2D eigenvalue weighted by molar-refractivity contribution is 9.09. The van der Waals surface area contributed by atoms with Gasteiger partial charge in [-0.25, -0.2) is 0 Å². The van der Waals surface area contributed by atoms with Crippen molar-refractivity contribution in [2.45, 2.75) is 20.0 Å². The van der Waals surface area contributed by atoms with E-state index in [1.54, 1.807) is 0 Å². The fourth-order valence-corrected chi connectivity index (χ4v) is 0.671. The third-order valence-corrected chi connectivity index (χ3v) is 1.69. The Balaban J connectivity index is 3.03. The molecule has 0 aliphatic heterocycles. The highest BCUT2D eigenvalue weighted by atomic mass is 79.9. The molecule has 3 heteroatoms. The molecule has 0 rings (SSSR count). The monoisotopic (exact) mass is 210 g/mol. The highest BCUT2D eigenvalue weighted by Gasteiger charge is 2.01. The van der Waals surface area contributed by atoms with E-state index in [0.29, 0.717) is 17.9 Å². The first-order valence-electron chi connectivity index (χ1n) is 3.48. The number of aliphatic hydroxyl groups is 1. The van der Waals surface area contributed by atoms with Gasteiger partial charge in [0.15, 0.2) is 0 Å². The lowest BCUT2D eigenvalue weighted by atomic mass is 10.2. The molecule has 0 aromatic carbocycles. The summed E-state index contributed by atoms with van der Waals surface area (Å²) in [5, 5.41) is 9.59. The zero-order chi connectivity index (χ0) is 7.98. The van der Waals surface area contributed by atoms with Crippen LogP contribution in [0.3, 0.4) is 0 Å². The summed E-state index contributed by atoms with van der Waals surface area (Å²) in [4.78, 5) is 0. The summed E-state index contributed by atoms with van der Waals surface area (Å²) >= 11 is 3.15. The summed E-state index contributed by atoms with van der Waals surface area (Å²) in [7, 11) is 0. The van der Waals surface area contributed by atoms with Crippen molar-refractivity contribution in [2.24, 2.45) is 5.92 Å². The Morgan fingerprint density at radius 2 is 2.00 bits per heavy atom. The molecule has 0 aromatic heterocycles. The molecule has 0 amide bonds. The van der Waals surface area contributed by atoms with Crippen molar-refractivity contribution in [3.63, 3.8) is 0 Å². The third kappa shape index (κ3) is 6.52. The van der Waals surface area contributed by atoms with Gasteiger partial charge in [-0.3, -0.25) is 0 Å². The number of alkyl halides is 1. The van der Waals surface area contributed by atoms with Crippen LogP contribution in [0.4, 0.5) is 0 Å². The van der Waals surface area contributed by atoms with Gasteiger partial charge < -0.3 is 9.84 Å². The molecule has 1 N–H and O–H groups in total. The van der Waals surface area contributed by atoms with Gasteiger partial charge in [-0.1, -0.05) is 29.8 Å². The van der Waals surface area contributed by atoms with E-state index in [1.807, 2.05) is 0 Å². The maximum Gasteiger partial charge on any atom is 0.0870 e. The van der Waals surface area contributed by atoms with E-state index in [1.165, 1.54) is 0 Å². The van der Waals surface area contributed by atoms with Crippen molar-refractivity contribution in [3.05, 3.63) is 0 Å². The van der Waals surface area contributed by atoms with Crippen LogP contribution in [0, 0.1) is 5.92 Å². The Kier molecular flexibility index (Phi) is 6.38. The fourth-order valence-electron chi connectivity index (χ4n) is 0.484. The molecular weight excluding hydrogens is 196 g/mol. The average Bonchev–Trinajstić information content (AvgIpc) is 1.87. The molecule has 1 atom stereocenters. The van der Waals surface area contributed by atoms with E-state index in [9.17, 15) is 0 Å². The van der Waals surface area contributed by atoms with Crippen LogP contribution in [0.25, 0.3) is 0 Å². The summed E-state index contributed by atoms with van der Waals surface area (Å²) in [6.07, 6.45) is -0.362. The van der Waals surface area contributed by atoms with Crippen LogP contribution in [0.15, 0.2) is 0 Å². The second-order valence-electron chi connectivity index (χ2n) is 2.74. The molecule has 0 bridgehead atoms. The number of rotatable bonds is 5. The fraction of sp³-hybridized carbons (Fsp3) is 1.00. The number of aliphatic hydroxyl groups excluding tert-OH is 1.